The fourth-order valence-electron chi connectivity index (χ4n) is 1.03. The monoisotopic (exact) mass is 210 g/mol. The number of nitrogens with zero attached hydrogens (tertiary/aromatic N) is 3. The van der Waals surface area contributed by atoms with Crippen molar-refractivity contribution in [2.24, 2.45) is 5.92 Å². The molecule has 0 aliphatic carbocycles. The van der Waals surface area contributed by atoms with E-state index >= 15 is 0 Å². The van der Waals surface area contributed by atoms with Gasteiger partial charge in [-0.15, -0.1) is 0 Å². The summed E-state index contributed by atoms with van der Waals surface area (Å²) in [5.74, 6) is -1.09. The van der Waals surface area contributed by atoms with Crippen molar-refractivity contribution in [2.75, 3.05) is 0 Å². The lowest BCUT2D eigenvalue weighted by molar-refractivity contribution is 0.363. The molecule has 0 aromatic carbocycles. The Hall–Kier alpha value is -2.84. The predicted octanol–water partition coefficient (Wildman–Crippen LogP) is 1.55. The van der Waals surface area contributed by atoms with Crippen LogP contribution in [0, 0.1) is 45.3 Å². The Balaban J connectivity index is 3.12. The lowest BCUT2D eigenvalue weighted by atomic mass is 9.98. The summed E-state index contributed by atoms with van der Waals surface area (Å²) in [6.45, 7) is 0. The van der Waals surface area contributed by atoms with Crippen molar-refractivity contribution in [1.82, 2.24) is 0 Å². The van der Waals surface area contributed by atoms with Crippen LogP contribution in [0.3, 0.4) is 0 Å². The lowest BCUT2D eigenvalue weighted by Gasteiger charge is -2.08. The van der Waals surface area contributed by atoms with Crippen LogP contribution in [0.4, 0.5) is 0 Å². The molecule has 0 bridgehead atoms. The molecule has 16 heavy (non-hydrogen) atoms. The zero-order valence-corrected chi connectivity index (χ0v) is 8.14. The molecule has 0 amide bonds. The molecule has 0 saturated carbocycles. The highest BCUT2D eigenvalue weighted by Gasteiger charge is 2.21. The van der Waals surface area contributed by atoms with Crippen LogP contribution in [0.2, 0.25) is 0 Å². The number of ether oxygens (including phenoxy) is 1. The highest BCUT2D eigenvalue weighted by atomic mass is 16.5. The van der Waals surface area contributed by atoms with E-state index in [1.807, 2.05) is 0 Å². The normalized spacial score (nSPS) is 15.6. The molecule has 0 aromatic heterocycles. The van der Waals surface area contributed by atoms with E-state index in [4.69, 9.17) is 25.9 Å². The van der Waals surface area contributed by atoms with E-state index in [1.165, 1.54) is 12.3 Å². The summed E-state index contributed by atoms with van der Waals surface area (Å²) >= 11 is 0. The Morgan fingerprint density at radius 2 is 1.94 bits per heavy atom. The number of rotatable bonds is 2. The third-order valence-corrected chi connectivity index (χ3v) is 1.81. The van der Waals surface area contributed by atoms with Gasteiger partial charge in [-0.25, -0.2) is 0 Å². The molecule has 0 saturated heterocycles. The van der Waals surface area contributed by atoms with Gasteiger partial charge in [-0.3, -0.25) is 0 Å². The molecule has 0 fully saturated rings. The van der Waals surface area contributed by atoms with E-state index < -0.39 is 5.92 Å². The first-order valence-corrected chi connectivity index (χ1v) is 4.27. The van der Waals surface area contributed by atoms with Gasteiger partial charge in [-0.1, -0.05) is 6.08 Å². The maximum absolute atomic E-state index is 8.88. The minimum Gasteiger partial charge on any atom is -0.464 e. The first-order chi connectivity index (χ1) is 7.74. The zero-order chi connectivity index (χ0) is 12.0. The summed E-state index contributed by atoms with van der Waals surface area (Å²) in [6.07, 6.45) is 6.11. The maximum atomic E-state index is 8.88. The predicted molar refractivity (Wildman–Crippen MR) is 54.4 cm³/mol. The van der Waals surface area contributed by atoms with Gasteiger partial charge in [0, 0.05) is 0 Å². The van der Waals surface area contributed by atoms with Crippen molar-refractivity contribution in [3.63, 3.8) is 0 Å². The largest absolute Gasteiger partial charge is 0.464 e. The van der Waals surface area contributed by atoms with Crippen molar-refractivity contribution in [2.45, 2.75) is 0 Å². The highest BCUT2D eigenvalue weighted by molar-refractivity contribution is 6.06. The minimum absolute atomic E-state index is 0.103. The average molecular weight is 210 g/mol. The standard InChI is InChI=1S/C11H6N4O/c12-5-8(6-13)11(15)9(7-14)10-3-1-2-4-16-10/h1-4,8,15H. The van der Waals surface area contributed by atoms with Crippen molar-refractivity contribution in [3.8, 4) is 18.2 Å². The molecule has 1 rings (SSSR count). The molecule has 0 aromatic rings. The molecule has 0 spiro atoms. The van der Waals surface area contributed by atoms with Crippen LogP contribution in [-0.2, 0) is 4.74 Å². The molecule has 1 aliphatic heterocycles. The smallest absolute Gasteiger partial charge is 0.175 e. The molecule has 1 heterocycles. The summed E-state index contributed by atoms with van der Waals surface area (Å²) in [6, 6.07) is 5.04. The molecule has 1 N–H and O–H groups in total. The van der Waals surface area contributed by atoms with Gasteiger partial charge in [0.15, 0.2) is 5.92 Å². The average Bonchev–Trinajstić information content (AvgIpc) is 2.33. The molecular weight excluding hydrogens is 204 g/mol. The van der Waals surface area contributed by atoms with Crippen LogP contribution < -0.4 is 0 Å². The lowest BCUT2D eigenvalue weighted by Crippen LogP contribution is -2.13. The van der Waals surface area contributed by atoms with E-state index in [-0.39, 0.29) is 17.0 Å². The van der Waals surface area contributed by atoms with Gasteiger partial charge < -0.3 is 10.1 Å². The zero-order valence-electron chi connectivity index (χ0n) is 8.14. The van der Waals surface area contributed by atoms with Crippen LogP contribution in [0.15, 0.2) is 35.8 Å². The second kappa shape index (κ2) is 5.14. The Kier molecular flexibility index (Phi) is 3.61. The number of hydrogen-bond acceptors (Lipinski definition) is 5. The van der Waals surface area contributed by atoms with Crippen LogP contribution in [-0.4, -0.2) is 5.71 Å². The van der Waals surface area contributed by atoms with Crippen molar-refractivity contribution >= 4 is 5.71 Å². The Bertz CT molecular complexity index is 506. The van der Waals surface area contributed by atoms with Crippen molar-refractivity contribution < 1.29 is 4.74 Å². The van der Waals surface area contributed by atoms with E-state index in [2.05, 4.69) is 0 Å². The Morgan fingerprint density at radius 3 is 2.38 bits per heavy atom. The highest BCUT2D eigenvalue weighted by Crippen LogP contribution is 2.16. The van der Waals surface area contributed by atoms with Gasteiger partial charge in [-0.2, -0.15) is 15.8 Å². The van der Waals surface area contributed by atoms with Crippen LogP contribution >= 0.6 is 0 Å². The van der Waals surface area contributed by atoms with Crippen LogP contribution in [0.25, 0.3) is 0 Å². The minimum atomic E-state index is -1.26. The van der Waals surface area contributed by atoms with Crippen LogP contribution in [0.1, 0.15) is 0 Å². The van der Waals surface area contributed by atoms with Gasteiger partial charge in [0.05, 0.1) is 24.1 Å². The quantitative estimate of drug-likeness (QED) is 0.551. The summed E-state index contributed by atoms with van der Waals surface area (Å²) in [4.78, 5) is 0. The summed E-state index contributed by atoms with van der Waals surface area (Å²) in [7, 11) is 0. The van der Waals surface area contributed by atoms with Gasteiger partial charge in [0.25, 0.3) is 0 Å². The van der Waals surface area contributed by atoms with E-state index in [1.54, 1.807) is 30.4 Å². The number of allylic oxidation sites excluding steroid dienone is 4. The topological polar surface area (TPSA) is 104 Å². The third-order valence-electron chi connectivity index (χ3n) is 1.81. The molecule has 0 radical (unpaired) electrons. The second-order valence-electron chi connectivity index (χ2n) is 2.76. The first-order valence-electron chi connectivity index (χ1n) is 4.27. The SMILES string of the molecule is N#CC(C(=N)C(C#N)C#N)=C1C=CC=CO1. The number of nitriles is 3. The molecule has 1 aliphatic rings. The van der Waals surface area contributed by atoms with Gasteiger partial charge >= 0.3 is 0 Å². The summed E-state index contributed by atoms with van der Waals surface area (Å²) in [5, 5.41) is 33.7. The first kappa shape index (κ1) is 11.2. The molecular formula is C11H6N4O. The van der Waals surface area contributed by atoms with Crippen LogP contribution in [0.5, 0.6) is 0 Å². The second-order valence-corrected chi connectivity index (χ2v) is 2.76. The van der Waals surface area contributed by atoms with Gasteiger partial charge in [0.2, 0.25) is 0 Å². The number of hydrogen-bond donors (Lipinski definition) is 1. The molecule has 5 heteroatoms. The fourth-order valence-corrected chi connectivity index (χ4v) is 1.03. The summed E-state index contributed by atoms with van der Waals surface area (Å²) in [5.41, 5.74) is -0.448. The van der Waals surface area contributed by atoms with E-state index in [0.29, 0.717) is 0 Å². The molecule has 0 atom stereocenters. The van der Waals surface area contributed by atoms with Crippen molar-refractivity contribution in [1.29, 1.82) is 21.2 Å². The molecule has 5 nitrogen and oxygen atoms in total. The summed E-state index contributed by atoms with van der Waals surface area (Å²) < 4.78 is 5.02. The van der Waals surface area contributed by atoms with E-state index in [0.717, 1.165) is 0 Å². The molecule has 0 unspecified atom stereocenters. The Labute approximate surface area is 92.3 Å². The fraction of sp³-hybridized carbons (Fsp3) is 0.0909. The van der Waals surface area contributed by atoms with Gasteiger partial charge in [0.1, 0.15) is 17.4 Å². The maximum Gasteiger partial charge on any atom is 0.175 e. The third kappa shape index (κ3) is 2.15. The van der Waals surface area contributed by atoms with E-state index in [9.17, 15) is 0 Å². The number of nitrogens with one attached hydrogen (secondary N) is 1. The Morgan fingerprint density at radius 1 is 1.25 bits per heavy atom. The molecule has 76 valence electrons. The van der Waals surface area contributed by atoms with Gasteiger partial charge in [-0.05, 0) is 12.2 Å². The van der Waals surface area contributed by atoms with Crippen molar-refractivity contribution in [3.05, 3.63) is 35.8 Å².